The topological polar surface area (TPSA) is 35.3 Å². The van der Waals surface area contributed by atoms with Gasteiger partial charge in [-0.25, -0.2) is 0 Å². The van der Waals surface area contributed by atoms with Crippen LogP contribution in [0.5, 0.6) is 0 Å². The average molecular weight is 101 g/mol. The van der Waals surface area contributed by atoms with Crippen molar-refractivity contribution >= 4 is 6.21 Å². The summed E-state index contributed by atoms with van der Waals surface area (Å²) in [6.45, 7) is 0.569. The summed E-state index contributed by atoms with van der Waals surface area (Å²) >= 11 is 0. The van der Waals surface area contributed by atoms with E-state index in [-0.39, 0.29) is 0 Å². The lowest BCUT2D eigenvalue weighted by atomic mass is 10.3. The standard InChI is InChI=1S/C4H7NO2/c6-5-3-1-2-4-7-5/h3H,1-2,4H2. The molecule has 0 radical (unpaired) electrons. The van der Waals surface area contributed by atoms with Crippen molar-refractivity contribution in [2.24, 2.45) is 0 Å². The highest BCUT2D eigenvalue weighted by molar-refractivity contribution is 5.50. The summed E-state index contributed by atoms with van der Waals surface area (Å²) in [5.41, 5.74) is 0. The summed E-state index contributed by atoms with van der Waals surface area (Å²) in [5.74, 6) is 0. The third kappa shape index (κ3) is 1.07. The molecule has 3 heteroatoms. The van der Waals surface area contributed by atoms with Gasteiger partial charge >= 0.3 is 0 Å². The molecular formula is C4H7NO2. The fraction of sp³-hybridized carbons (Fsp3) is 0.750. The molecular weight excluding hydrogens is 94.0 g/mol. The van der Waals surface area contributed by atoms with Gasteiger partial charge in [-0.1, -0.05) is 0 Å². The molecule has 0 atom stereocenters. The van der Waals surface area contributed by atoms with Gasteiger partial charge in [0.25, 0.3) is 0 Å². The van der Waals surface area contributed by atoms with Crippen LogP contribution in [0.25, 0.3) is 0 Å². The first-order valence-corrected chi connectivity index (χ1v) is 2.32. The largest absolute Gasteiger partial charge is 0.404 e. The molecule has 0 fully saturated rings. The van der Waals surface area contributed by atoms with Gasteiger partial charge in [0.05, 0.1) is 6.61 Å². The molecule has 0 saturated carbocycles. The third-order valence-corrected chi connectivity index (χ3v) is 0.845. The first kappa shape index (κ1) is 4.43. The van der Waals surface area contributed by atoms with E-state index in [0.29, 0.717) is 11.5 Å². The van der Waals surface area contributed by atoms with Crippen molar-refractivity contribution in [1.82, 2.24) is 0 Å². The molecule has 0 N–H and O–H groups in total. The fourth-order valence-corrected chi connectivity index (χ4v) is 0.487. The van der Waals surface area contributed by atoms with Crippen LogP contribution in [-0.4, -0.2) is 17.7 Å². The number of hydrogen-bond donors (Lipinski definition) is 0. The second kappa shape index (κ2) is 1.82. The minimum absolute atomic E-state index is 0.517. The SMILES string of the molecule is [O-][N+]1=CCCCO1. The summed E-state index contributed by atoms with van der Waals surface area (Å²) in [6, 6.07) is 0. The molecule has 40 valence electrons. The molecule has 0 aromatic heterocycles. The lowest BCUT2D eigenvalue weighted by Crippen LogP contribution is -2.12. The molecule has 7 heavy (non-hydrogen) atoms. The van der Waals surface area contributed by atoms with Crippen molar-refractivity contribution in [3.05, 3.63) is 5.21 Å². The Morgan fingerprint density at radius 2 is 2.57 bits per heavy atom. The highest BCUT2D eigenvalue weighted by Crippen LogP contribution is 1.92. The van der Waals surface area contributed by atoms with Gasteiger partial charge < -0.3 is 4.84 Å². The molecule has 1 aliphatic rings. The predicted octanol–water partition coefficient (Wildman–Crippen LogP) is 0.293. The van der Waals surface area contributed by atoms with Gasteiger partial charge in [-0.3, -0.25) is 5.21 Å². The average Bonchev–Trinajstić information content (AvgIpc) is 1.69. The molecule has 0 unspecified atom stereocenters. The van der Waals surface area contributed by atoms with Crippen LogP contribution in [0.4, 0.5) is 0 Å². The maximum atomic E-state index is 10.1. The van der Waals surface area contributed by atoms with E-state index >= 15 is 0 Å². The molecule has 0 aromatic rings. The monoisotopic (exact) mass is 101 g/mol. The lowest BCUT2D eigenvalue weighted by Gasteiger charge is -2.07. The summed E-state index contributed by atoms with van der Waals surface area (Å²) < 4.78 is 0. The van der Waals surface area contributed by atoms with Crippen molar-refractivity contribution < 1.29 is 9.74 Å². The Morgan fingerprint density at radius 1 is 1.71 bits per heavy atom. The van der Waals surface area contributed by atoms with Crippen LogP contribution in [0.15, 0.2) is 0 Å². The van der Waals surface area contributed by atoms with Gasteiger partial charge in [0.15, 0.2) is 0 Å². The highest BCUT2D eigenvalue weighted by Gasteiger charge is 1.97. The minimum Gasteiger partial charge on any atom is -0.404 e. The zero-order chi connectivity index (χ0) is 5.11. The third-order valence-electron chi connectivity index (χ3n) is 0.845. The van der Waals surface area contributed by atoms with Crippen molar-refractivity contribution in [3.8, 4) is 0 Å². The Hall–Kier alpha value is -0.730. The highest BCUT2D eigenvalue weighted by atomic mass is 16.9. The zero-order valence-corrected chi connectivity index (χ0v) is 3.96. The normalized spacial score (nSPS) is 20.3. The van der Waals surface area contributed by atoms with E-state index in [9.17, 15) is 5.21 Å². The predicted molar refractivity (Wildman–Crippen MR) is 24.9 cm³/mol. The van der Waals surface area contributed by atoms with E-state index in [4.69, 9.17) is 0 Å². The van der Waals surface area contributed by atoms with E-state index in [2.05, 4.69) is 4.84 Å². The molecule has 0 amide bonds. The van der Waals surface area contributed by atoms with E-state index in [1.807, 2.05) is 0 Å². The molecule has 0 spiro atoms. The van der Waals surface area contributed by atoms with Crippen molar-refractivity contribution in [2.75, 3.05) is 6.61 Å². The molecule has 1 rings (SSSR count). The molecule has 0 saturated heterocycles. The first-order valence-electron chi connectivity index (χ1n) is 2.32. The molecule has 1 aliphatic heterocycles. The molecule has 3 nitrogen and oxygen atoms in total. The van der Waals surface area contributed by atoms with Crippen LogP contribution in [0.3, 0.4) is 0 Å². The van der Waals surface area contributed by atoms with Crippen LogP contribution in [0, 0.1) is 5.21 Å². The van der Waals surface area contributed by atoms with Crippen molar-refractivity contribution in [2.45, 2.75) is 12.8 Å². The Kier molecular flexibility index (Phi) is 1.15. The summed E-state index contributed by atoms with van der Waals surface area (Å²) in [7, 11) is 0. The second-order valence-corrected chi connectivity index (χ2v) is 1.44. The van der Waals surface area contributed by atoms with E-state index in [1.165, 1.54) is 6.21 Å². The van der Waals surface area contributed by atoms with Gasteiger partial charge in [0.1, 0.15) is 0 Å². The minimum atomic E-state index is 0.517. The smallest absolute Gasteiger partial charge is 0.210 e. The van der Waals surface area contributed by atoms with Gasteiger partial charge in [-0.2, -0.15) is 0 Å². The molecule has 0 bridgehead atoms. The van der Waals surface area contributed by atoms with E-state index < -0.39 is 0 Å². The van der Waals surface area contributed by atoms with Crippen LogP contribution >= 0.6 is 0 Å². The Bertz CT molecular complexity index is 89.7. The van der Waals surface area contributed by atoms with Crippen molar-refractivity contribution in [3.63, 3.8) is 0 Å². The van der Waals surface area contributed by atoms with E-state index in [1.54, 1.807) is 0 Å². The van der Waals surface area contributed by atoms with Crippen LogP contribution in [0.2, 0.25) is 0 Å². The summed E-state index contributed by atoms with van der Waals surface area (Å²) in [5, 5.41) is 10.1. The Balaban J connectivity index is 2.40. The van der Waals surface area contributed by atoms with Gasteiger partial charge in [0, 0.05) is 11.3 Å². The van der Waals surface area contributed by atoms with Gasteiger partial charge in [-0.05, 0) is 6.42 Å². The summed E-state index contributed by atoms with van der Waals surface area (Å²) in [6.07, 6.45) is 3.31. The maximum Gasteiger partial charge on any atom is 0.210 e. The maximum absolute atomic E-state index is 10.1. The second-order valence-electron chi connectivity index (χ2n) is 1.44. The van der Waals surface area contributed by atoms with Crippen LogP contribution in [0.1, 0.15) is 12.8 Å². The zero-order valence-electron chi connectivity index (χ0n) is 3.96. The first-order chi connectivity index (χ1) is 3.39. The lowest BCUT2D eigenvalue weighted by molar-refractivity contribution is -0.742. The quantitative estimate of drug-likeness (QED) is 0.411. The molecule has 0 aliphatic carbocycles. The van der Waals surface area contributed by atoms with E-state index in [0.717, 1.165) is 12.8 Å². The summed E-state index contributed by atoms with van der Waals surface area (Å²) in [4.78, 5) is 5.02. The van der Waals surface area contributed by atoms with Crippen LogP contribution < -0.4 is 0 Å². The number of nitrogens with zero attached hydrogens (tertiary/aromatic N) is 1. The Morgan fingerprint density at radius 3 is 2.86 bits per heavy atom. The van der Waals surface area contributed by atoms with Crippen molar-refractivity contribution in [1.29, 1.82) is 0 Å². The van der Waals surface area contributed by atoms with Gasteiger partial charge in [-0.15, -0.1) is 0 Å². The Labute approximate surface area is 41.7 Å². The number of hydrogen-bond acceptors (Lipinski definition) is 2. The molecule has 0 aromatic carbocycles. The number of rotatable bonds is 0. The van der Waals surface area contributed by atoms with Gasteiger partial charge in [0.2, 0.25) is 6.21 Å². The van der Waals surface area contributed by atoms with Crippen LogP contribution in [-0.2, 0) is 4.84 Å². The molecule has 1 heterocycles. The fourth-order valence-electron chi connectivity index (χ4n) is 0.487.